The monoisotopic (exact) mass is 337 g/mol. The lowest BCUT2D eigenvalue weighted by atomic mass is 10.1. The molecule has 1 aliphatic carbocycles. The van der Waals surface area contributed by atoms with Crippen LogP contribution in [0.4, 0.5) is 0 Å². The fourth-order valence-electron chi connectivity index (χ4n) is 2.74. The molecule has 0 saturated heterocycles. The quantitative estimate of drug-likeness (QED) is 0.856. The lowest BCUT2D eigenvalue weighted by molar-refractivity contribution is -0.132. The summed E-state index contributed by atoms with van der Waals surface area (Å²) >= 11 is 12.1. The summed E-state index contributed by atoms with van der Waals surface area (Å²) in [6.45, 7) is 0.514. The van der Waals surface area contributed by atoms with Gasteiger partial charge in [-0.1, -0.05) is 29.3 Å². The van der Waals surface area contributed by atoms with Crippen LogP contribution in [0, 0.1) is 5.92 Å². The molecule has 1 aromatic carbocycles. The number of hydrogen-bond acceptors (Lipinski definition) is 2. The van der Waals surface area contributed by atoms with Gasteiger partial charge in [0.1, 0.15) is 5.82 Å². The van der Waals surface area contributed by atoms with Gasteiger partial charge in [0.25, 0.3) is 0 Å². The minimum Gasteiger partial charge on any atom is -0.338 e. The van der Waals surface area contributed by atoms with Crippen LogP contribution in [-0.4, -0.2) is 27.4 Å². The van der Waals surface area contributed by atoms with Crippen molar-refractivity contribution in [3.8, 4) is 0 Å². The molecule has 3 rings (SSSR count). The highest BCUT2D eigenvalue weighted by molar-refractivity contribution is 6.35. The average molecular weight is 338 g/mol. The van der Waals surface area contributed by atoms with Gasteiger partial charge in [-0.15, -0.1) is 0 Å². The van der Waals surface area contributed by atoms with Crippen LogP contribution in [0.3, 0.4) is 0 Å². The fraction of sp³-hybridized carbons (Fsp3) is 0.375. The number of amides is 1. The van der Waals surface area contributed by atoms with Crippen molar-refractivity contribution in [3.63, 3.8) is 0 Å². The van der Waals surface area contributed by atoms with Gasteiger partial charge in [-0.05, 0) is 30.0 Å². The predicted molar refractivity (Wildman–Crippen MR) is 87.0 cm³/mol. The first-order valence-electron chi connectivity index (χ1n) is 7.13. The Morgan fingerprint density at radius 3 is 2.86 bits per heavy atom. The number of aromatic nitrogens is 2. The molecule has 0 radical (unpaired) electrons. The Kier molecular flexibility index (Phi) is 4.15. The zero-order valence-electron chi connectivity index (χ0n) is 12.5. The molecule has 1 saturated carbocycles. The van der Waals surface area contributed by atoms with Crippen LogP contribution >= 0.6 is 23.2 Å². The molecule has 0 aliphatic heterocycles. The van der Waals surface area contributed by atoms with Crippen molar-refractivity contribution >= 4 is 29.1 Å². The highest BCUT2D eigenvalue weighted by Crippen LogP contribution is 2.50. The summed E-state index contributed by atoms with van der Waals surface area (Å²) in [6.07, 6.45) is 4.45. The largest absolute Gasteiger partial charge is 0.338 e. The molecular weight excluding hydrogens is 321 g/mol. The molecule has 1 aromatic heterocycles. The molecule has 1 fully saturated rings. The van der Waals surface area contributed by atoms with Gasteiger partial charge in [0.2, 0.25) is 5.91 Å². The maximum atomic E-state index is 12.5. The predicted octanol–water partition coefficient (Wildman–Crippen LogP) is 3.49. The molecule has 22 heavy (non-hydrogen) atoms. The molecule has 2 aromatic rings. The van der Waals surface area contributed by atoms with Gasteiger partial charge >= 0.3 is 0 Å². The van der Waals surface area contributed by atoms with Gasteiger partial charge in [0.05, 0.1) is 6.54 Å². The van der Waals surface area contributed by atoms with Crippen molar-refractivity contribution < 1.29 is 4.79 Å². The number of hydrogen-bond donors (Lipinski definition) is 0. The first-order valence-corrected chi connectivity index (χ1v) is 7.89. The summed E-state index contributed by atoms with van der Waals surface area (Å²) in [6, 6.07) is 5.47. The standard InChI is InChI=1S/C16H17Cl2N3O/c1-20-6-5-19-15(20)9-21(2)16(22)13-8-12(13)11-4-3-10(17)7-14(11)18/h3-7,12-13H,8-9H2,1-2H3/t12-,13+/m1/s1. The molecule has 0 N–H and O–H groups in total. The van der Waals surface area contributed by atoms with Gasteiger partial charge in [0.15, 0.2) is 0 Å². The number of halogens is 2. The van der Waals surface area contributed by atoms with E-state index in [0.717, 1.165) is 17.8 Å². The van der Waals surface area contributed by atoms with Crippen LogP contribution in [-0.2, 0) is 18.4 Å². The van der Waals surface area contributed by atoms with Crippen molar-refractivity contribution in [2.75, 3.05) is 7.05 Å². The molecule has 1 aliphatic rings. The van der Waals surface area contributed by atoms with Crippen molar-refractivity contribution in [1.82, 2.24) is 14.5 Å². The van der Waals surface area contributed by atoms with Crippen LogP contribution < -0.4 is 0 Å². The van der Waals surface area contributed by atoms with Gasteiger partial charge in [-0.25, -0.2) is 4.98 Å². The average Bonchev–Trinajstić information content (AvgIpc) is 3.15. The van der Waals surface area contributed by atoms with Crippen LogP contribution in [0.5, 0.6) is 0 Å². The molecular formula is C16H17Cl2N3O. The van der Waals surface area contributed by atoms with E-state index >= 15 is 0 Å². The zero-order chi connectivity index (χ0) is 15.9. The smallest absolute Gasteiger partial charge is 0.226 e. The van der Waals surface area contributed by atoms with Crippen molar-refractivity contribution in [2.24, 2.45) is 13.0 Å². The maximum Gasteiger partial charge on any atom is 0.226 e. The maximum absolute atomic E-state index is 12.5. The molecule has 6 heteroatoms. The van der Waals surface area contributed by atoms with Gasteiger partial charge in [0, 0.05) is 42.5 Å². The Morgan fingerprint density at radius 2 is 2.23 bits per heavy atom. The fourth-order valence-corrected chi connectivity index (χ4v) is 3.28. The van der Waals surface area contributed by atoms with E-state index in [2.05, 4.69) is 4.98 Å². The summed E-state index contributed by atoms with van der Waals surface area (Å²) in [5.74, 6) is 1.21. The number of carbonyl (C=O) groups is 1. The molecule has 0 spiro atoms. The third-order valence-corrected chi connectivity index (χ3v) is 4.71. The second-order valence-electron chi connectivity index (χ2n) is 5.76. The van der Waals surface area contributed by atoms with E-state index in [1.807, 2.05) is 37.0 Å². The number of imidazole rings is 1. The highest BCUT2D eigenvalue weighted by atomic mass is 35.5. The summed E-state index contributed by atoms with van der Waals surface area (Å²) in [4.78, 5) is 18.5. The minimum atomic E-state index is 0.00365. The summed E-state index contributed by atoms with van der Waals surface area (Å²) in [5, 5.41) is 1.25. The molecule has 2 atom stereocenters. The second-order valence-corrected chi connectivity index (χ2v) is 6.61. The van der Waals surface area contributed by atoms with Crippen LogP contribution in [0.15, 0.2) is 30.6 Å². The number of carbonyl (C=O) groups excluding carboxylic acids is 1. The van der Waals surface area contributed by atoms with Crippen molar-refractivity contribution in [2.45, 2.75) is 18.9 Å². The summed E-state index contributed by atoms with van der Waals surface area (Å²) in [7, 11) is 3.74. The SMILES string of the molecule is CN(Cc1nccn1C)C(=O)[C@H]1C[C@@H]1c1ccc(Cl)cc1Cl. The zero-order valence-corrected chi connectivity index (χ0v) is 14.0. The molecule has 1 heterocycles. The summed E-state index contributed by atoms with van der Waals surface area (Å²) < 4.78 is 1.92. The van der Waals surface area contributed by atoms with Crippen LogP contribution in [0.2, 0.25) is 10.0 Å². The Morgan fingerprint density at radius 1 is 1.45 bits per heavy atom. The molecule has 0 bridgehead atoms. The highest BCUT2D eigenvalue weighted by Gasteiger charge is 2.46. The number of aryl methyl sites for hydroxylation is 1. The van der Waals surface area contributed by atoms with Crippen LogP contribution in [0.25, 0.3) is 0 Å². The second kappa shape index (κ2) is 5.94. The van der Waals surface area contributed by atoms with E-state index in [1.54, 1.807) is 17.2 Å². The van der Waals surface area contributed by atoms with Crippen molar-refractivity contribution in [3.05, 3.63) is 52.0 Å². The molecule has 116 valence electrons. The van der Waals surface area contributed by atoms with E-state index in [-0.39, 0.29) is 17.7 Å². The lowest BCUT2D eigenvalue weighted by Crippen LogP contribution is -2.29. The molecule has 1 amide bonds. The minimum absolute atomic E-state index is 0.00365. The topological polar surface area (TPSA) is 38.1 Å². The third-order valence-electron chi connectivity index (χ3n) is 4.15. The molecule has 0 unspecified atom stereocenters. The van der Waals surface area contributed by atoms with E-state index in [9.17, 15) is 4.79 Å². The number of nitrogens with zero attached hydrogens (tertiary/aromatic N) is 3. The van der Waals surface area contributed by atoms with E-state index < -0.39 is 0 Å². The van der Waals surface area contributed by atoms with E-state index in [1.165, 1.54) is 0 Å². The normalized spacial score (nSPS) is 20.0. The first kappa shape index (κ1) is 15.4. The third kappa shape index (κ3) is 2.99. The molecule has 4 nitrogen and oxygen atoms in total. The Bertz CT molecular complexity index is 713. The Labute approximate surface area is 139 Å². The number of benzene rings is 1. The first-order chi connectivity index (χ1) is 10.5. The Hall–Kier alpha value is -1.52. The van der Waals surface area contributed by atoms with E-state index in [4.69, 9.17) is 23.2 Å². The van der Waals surface area contributed by atoms with Gasteiger partial charge in [-0.3, -0.25) is 4.79 Å². The van der Waals surface area contributed by atoms with Gasteiger partial charge in [-0.2, -0.15) is 0 Å². The van der Waals surface area contributed by atoms with Crippen molar-refractivity contribution in [1.29, 1.82) is 0 Å². The van der Waals surface area contributed by atoms with Gasteiger partial charge < -0.3 is 9.47 Å². The lowest BCUT2D eigenvalue weighted by Gasteiger charge is -2.17. The Balaban J connectivity index is 1.66. The summed E-state index contributed by atoms with van der Waals surface area (Å²) in [5.41, 5.74) is 1.01. The van der Waals surface area contributed by atoms with Crippen LogP contribution in [0.1, 0.15) is 23.7 Å². The number of rotatable bonds is 4. The van der Waals surface area contributed by atoms with E-state index in [0.29, 0.717) is 16.6 Å².